The third-order valence-electron chi connectivity index (χ3n) is 3.91. The highest BCUT2D eigenvalue weighted by atomic mass is 16.1. The van der Waals surface area contributed by atoms with Gasteiger partial charge < -0.3 is 5.32 Å². The molecule has 0 aliphatic heterocycles. The van der Waals surface area contributed by atoms with Crippen molar-refractivity contribution in [1.82, 2.24) is 20.1 Å². The summed E-state index contributed by atoms with van der Waals surface area (Å²) in [5.41, 5.74) is 2.61. The first-order valence-corrected chi connectivity index (χ1v) is 8.09. The first kappa shape index (κ1) is 15.9. The summed E-state index contributed by atoms with van der Waals surface area (Å²) in [6.07, 6.45) is 5.13. The maximum Gasteiger partial charge on any atom is 0.251 e. The van der Waals surface area contributed by atoms with Crippen LogP contribution in [0, 0.1) is 0 Å². The number of carbonyl (C=O) groups is 1. The molecule has 0 saturated heterocycles. The number of rotatable bonds is 6. The van der Waals surface area contributed by atoms with E-state index < -0.39 is 0 Å². The van der Waals surface area contributed by atoms with Gasteiger partial charge in [0.2, 0.25) is 0 Å². The van der Waals surface area contributed by atoms with Crippen LogP contribution in [0.5, 0.6) is 0 Å². The largest absolute Gasteiger partial charge is 0.345 e. The van der Waals surface area contributed by atoms with Gasteiger partial charge in [-0.3, -0.25) is 9.36 Å². The molecule has 0 radical (unpaired) electrons. The van der Waals surface area contributed by atoms with E-state index in [4.69, 9.17) is 0 Å². The minimum absolute atomic E-state index is 0.0160. The smallest absolute Gasteiger partial charge is 0.251 e. The van der Waals surface area contributed by atoms with Crippen molar-refractivity contribution in [2.75, 3.05) is 0 Å². The van der Waals surface area contributed by atoms with E-state index in [0.717, 1.165) is 24.1 Å². The fraction of sp³-hybridized carbons (Fsp3) is 0.211. The molecule has 5 heteroatoms. The van der Waals surface area contributed by atoms with E-state index in [1.165, 1.54) is 0 Å². The summed E-state index contributed by atoms with van der Waals surface area (Å²) < 4.78 is 1.78. The van der Waals surface area contributed by atoms with Gasteiger partial charge in [0.1, 0.15) is 12.7 Å². The van der Waals surface area contributed by atoms with Crippen LogP contribution in [0.2, 0.25) is 0 Å². The molecule has 1 atom stereocenters. The number of nitrogens with zero attached hydrogens (tertiary/aromatic N) is 3. The first-order chi connectivity index (χ1) is 11.8. The predicted molar refractivity (Wildman–Crippen MR) is 92.9 cm³/mol. The van der Waals surface area contributed by atoms with Gasteiger partial charge in [0.15, 0.2) is 0 Å². The lowest BCUT2D eigenvalue weighted by molar-refractivity contribution is 0.0934. The molecule has 1 aromatic heterocycles. The lowest BCUT2D eigenvalue weighted by Gasteiger charge is -2.19. The highest BCUT2D eigenvalue weighted by Gasteiger charge is 2.15. The van der Waals surface area contributed by atoms with Gasteiger partial charge in [-0.25, -0.2) is 0 Å². The van der Waals surface area contributed by atoms with Crippen molar-refractivity contribution in [2.24, 2.45) is 0 Å². The molecule has 0 fully saturated rings. The number of aromatic nitrogens is 3. The molecule has 1 unspecified atom stereocenters. The quantitative estimate of drug-likeness (QED) is 0.756. The minimum Gasteiger partial charge on any atom is -0.345 e. The molecule has 0 aliphatic rings. The number of amides is 1. The van der Waals surface area contributed by atoms with Crippen LogP contribution in [0.1, 0.15) is 41.7 Å². The van der Waals surface area contributed by atoms with Gasteiger partial charge in [-0.15, -0.1) is 10.2 Å². The van der Waals surface area contributed by atoms with E-state index in [0.29, 0.717) is 5.56 Å². The summed E-state index contributed by atoms with van der Waals surface area (Å²) in [6.45, 7) is 2.12. The molecule has 0 spiro atoms. The average Bonchev–Trinajstić information content (AvgIpc) is 3.17. The third kappa shape index (κ3) is 3.68. The van der Waals surface area contributed by atoms with Crippen molar-refractivity contribution < 1.29 is 4.79 Å². The molecule has 2 aromatic carbocycles. The molecule has 3 rings (SSSR count). The molecule has 1 amide bonds. The number of nitrogens with one attached hydrogen (secondary N) is 1. The van der Waals surface area contributed by atoms with Crippen LogP contribution in [0.3, 0.4) is 0 Å². The molecule has 0 aliphatic carbocycles. The number of hydrogen-bond acceptors (Lipinski definition) is 3. The van der Waals surface area contributed by atoms with Crippen molar-refractivity contribution in [1.29, 1.82) is 0 Å². The van der Waals surface area contributed by atoms with E-state index in [9.17, 15) is 4.79 Å². The lowest BCUT2D eigenvalue weighted by atomic mass is 10.0. The Kier molecular flexibility index (Phi) is 5.01. The van der Waals surface area contributed by atoms with Gasteiger partial charge in [-0.2, -0.15) is 0 Å². The van der Waals surface area contributed by atoms with Crippen LogP contribution in [0.25, 0.3) is 5.69 Å². The number of carbonyl (C=O) groups excluding carboxylic acids is 1. The Balaban J connectivity index is 1.79. The molecule has 0 bridgehead atoms. The Morgan fingerprint density at radius 2 is 1.83 bits per heavy atom. The zero-order chi connectivity index (χ0) is 16.8. The highest BCUT2D eigenvalue weighted by molar-refractivity contribution is 5.95. The molecule has 122 valence electrons. The van der Waals surface area contributed by atoms with Crippen molar-refractivity contribution in [2.45, 2.75) is 25.8 Å². The topological polar surface area (TPSA) is 59.8 Å². The van der Waals surface area contributed by atoms with Gasteiger partial charge in [-0.05, 0) is 30.2 Å². The zero-order valence-electron chi connectivity index (χ0n) is 13.6. The van der Waals surface area contributed by atoms with Crippen molar-refractivity contribution in [3.63, 3.8) is 0 Å². The van der Waals surface area contributed by atoms with Gasteiger partial charge in [0.05, 0.1) is 6.04 Å². The van der Waals surface area contributed by atoms with E-state index in [1.807, 2.05) is 54.6 Å². The Labute approximate surface area is 141 Å². The molecule has 24 heavy (non-hydrogen) atoms. The first-order valence-electron chi connectivity index (χ1n) is 8.09. The molecule has 1 heterocycles. The van der Waals surface area contributed by atoms with Crippen LogP contribution in [-0.2, 0) is 0 Å². The number of benzene rings is 2. The van der Waals surface area contributed by atoms with Crippen LogP contribution >= 0.6 is 0 Å². The summed E-state index contributed by atoms with van der Waals surface area (Å²) in [4.78, 5) is 12.7. The Hall–Kier alpha value is -2.95. The SMILES string of the molecule is CCCC(NC(=O)c1cccc(-n2cnnc2)c1)c1ccccc1. The summed E-state index contributed by atoms with van der Waals surface area (Å²) in [7, 11) is 0. The van der Waals surface area contributed by atoms with E-state index in [-0.39, 0.29) is 11.9 Å². The lowest BCUT2D eigenvalue weighted by Crippen LogP contribution is -2.28. The van der Waals surface area contributed by atoms with Crippen molar-refractivity contribution in [3.8, 4) is 5.69 Å². The molecular formula is C19H20N4O. The second kappa shape index (κ2) is 7.55. The maximum atomic E-state index is 12.7. The van der Waals surface area contributed by atoms with Gasteiger partial charge >= 0.3 is 0 Å². The van der Waals surface area contributed by atoms with Crippen LogP contribution < -0.4 is 5.32 Å². The van der Waals surface area contributed by atoms with Crippen LogP contribution in [0.15, 0.2) is 67.3 Å². The normalized spacial score (nSPS) is 11.9. The second-order valence-electron chi connectivity index (χ2n) is 5.64. The van der Waals surface area contributed by atoms with Gasteiger partial charge in [0, 0.05) is 11.3 Å². The molecule has 1 N–H and O–H groups in total. The maximum absolute atomic E-state index is 12.7. The van der Waals surface area contributed by atoms with Gasteiger partial charge in [0.25, 0.3) is 5.91 Å². The zero-order valence-corrected chi connectivity index (χ0v) is 13.6. The Morgan fingerprint density at radius 3 is 2.54 bits per heavy atom. The summed E-state index contributed by atoms with van der Waals surface area (Å²) in [5, 5.41) is 10.7. The monoisotopic (exact) mass is 320 g/mol. The Bertz CT molecular complexity index is 784. The summed E-state index contributed by atoms with van der Waals surface area (Å²) in [5.74, 6) is -0.0766. The fourth-order valence-corrected chi connectivity index (χ4v) is 2.68. The summed E-state index contributed by atoms with van der Waals surface area (Å²) in [6, 6.07) is 17.5. The van der Waals surface area contributed by atoms with E-state index >= 15 is 0 Å². The van der Waals surface area contributed by atoms with Crippen LogP contribution in [0.4, 0.5) is 0 Å². The third-order valence-corrected chi connectivity index (χ3v) is 3.91. The molecule has 5 nitrogen and oxygen atoms in total. The standard InChI is InChI=1S/C19H20N4O/c1-2-7-18(15-8-4-3-5-9-15)22-19(24)16-10-6-11-17(12-16)23-13-20-21-14-23/h3-6,8-14,18H,2,7H2,1H3,(H,22,24). The number of hydrogen-bond donors (Lipinski definition) is 1. The van der Waals surface area contributed by atoms with Crippen LogP contribution in [-0.4, -0.2) is 20.7 Å². The predicted octanol–water partition coefficient (Wildman–Crippen LogP) is 3.54. The van der Waals surface area contributed by atoms with Crippen molar-refractivity contribution >= 4 is 5.91 Å². The highest BCUT2D eigenvalue weighted by Crippen LogP contribution is 2.19. The van der Waals surface area contributed by atoms with E-state index in [1.54, 1.807) is 17.2 Å². The van der Waals surface area contributed by atoms with E-state index in [2.05, 4.69) is 22.4 Å². The average molecular weight is 320 g/mol. The van der Waals surface area contributed by atoms with Gasteiger partial charge in [-0.1, -0.05) is 49.7 Å². The fourth-order valence-electron chi connectivity index (χ4n) is 2.68. The second-order valence-corrected chi connectivity index (χ2v) is 5.64. The minimum atomic E-state index is -0.0766. The Morgan fingerprint density at radius 1 is 1.08 bits per heavy atom. The molecule has 3 aromatic rings. The molecule has 0 saturated carbocycles. The summed E-state index contributed by atoms with van der Waals surface area (Å²) >= 11 is 0. The van der Waals surface area contributed by atoms with Crippen molar-refractivity contribution in [3.05, 3.63) is 78.4 Å². The molecular weight excluding hydrogens is 300 g/mol.